The second-order valence-electron chi connectivity index (χ2n) is 5.91. The number of nitriles is 1. The minimum atomic E-state index is -0.112. The third kappa shape index (κ3) is 4.53. The number of ketones is 1. The predicted molar refractivity (Wildman–Crippen MR) is 100 cm³/mol. The number of aryl methyl sites for hydroxylation is 2. The number of hydrogen-bond acceptors (Lipinski definition) is 5. The van der Waals surface area contributed by atoms with Crippen molar-refractivity contribution in [1.82, 2.24) is 9.78 Å². The van der Waals surface area contributed by atoms with Gasteiger partial charge in [-0.3, -0.25) is 9.48 Å². The zero-order valence-electron chi connectivity index (χ0n) is 15.2. The summed E-state index contributed by atoms with van der Waals surface area (Å²) in [5.74, 6) is 1.75. The van der Waals surface area contributed by atoms with Gasteiger partial charge in [0.1, 0.15) is 23.9 Å². The van der Waals surface area contributed by atoms with E-state index in [4.69, 9.17) is 14.4 Å². The molecular formula is C21H19N3O3. The van der Waals surface area contributed by atoms with E-state index in [9.17, 15) is 4.79 Å². The van der Waals surface area contributed by atoms with E-state index in [0.717, 1.165) is 6.54 Å². The van der Waals surface area contributed by atoms with Crippen molar-refractivity contribution in [3.05, 3.63) is 77.0 Å². The molecule has 0 atom stereocenters. The van der Waals surface area contributed by atoms with E-state index >= 15 is 0 Å². The molecule has 0 fully saturated rings. The van der Waals surface area contributed by atoms with Crippen LogP contribution in [0, 0.1) is 18.3 Å². The molecule has 0 radical (unpaired) electrons. The summed E-state index contributed by atoms with van der Waals surface area (Å²) >= 11 is 0. The van der Waals surface area contributed by atoms with Crippen LogP contribution in [0.15, 0.2) is 53.1 Å². The fraction of sp³-hybridized carbons (Fsp3) is 0.190. The van der Waals surface area contributed by atoms with Gasteiger partial charge in [-0.15, -0.1) is 0 Å². The molecule has 0 aliphatic heterocycles. The first-order chi connectivity index (χ1) is 13.1. The van der Waals surface area contributed by atoms with Crippen molar-refractivity contribution in [2.45, 2.75) is 27.0 Å². The zero-order chi connectivity index (χ0) is 19.2. The number of hydrogen-bond donors (Lipinski definition) is 0. The summed E-state index contributed by atoms with van der Waals surface area (Å²) < 4.78 is 13.0. The van der Waals surface area contributed by atoms with Gasteiger partial charge < -0.3 is 9.15 Å². The summed E-state index contributed by atoms with van der Waals surface area (Å²) in [7, 11) is 0. The molecule has 0 aliphatic rings. The van der Waals surface area contributed by atoms with E-state index in [2.05, 4.69) is 11.2 Å². The zero-order valence-corrected chi connectivity index (χ0v) is 15.2. The number of carbonyl (C=O) groups is 1. The highest BCUT2D eigenvalue weighted by Gasteiger charge is 2.10. The maximum absolute atomic E-state index is 12.3. The van der Waals surface area contributed by atoms with Crippen LogP contribution in [-0.4, -0.2) is 15.6 Å². The fourth-order valence-corrected chi connectivity index (χ4v) is 2.51. The SMILES string of the molecule is CCn1cc(C(=O)/C=C/c2ccc(COc3ccc(C#N)cc3)o2)c(C)n1. The van der Waals surface area contributed by atoms with Crippen LogP contribution in [0.4, 0.5) is 0 Å². The summed E-state index contributed by atoms with van der Waals surface area (Å²) in [4.78, 5) is 12.3. The Balaban J connectivity index is 1.59. The summed E-state index contributed by atoms with van der Waals surface area (Å²) in [5, 5.41) is 13.1. The van der Waals surface area contributed by atoms with Crippen LogP contribution in [0.2, 0.25) is 0 Å². The molecule has 1 aromatic carbocycles. The van der Waals surface area contributed by atoms with Crippen LogP contribution in [0.25, 0.3) is 6.08 Å². The van der Waals surface area contributed by atoms with E-state index in [1.54, 1.807) is 53.4 Å². The van der Waals surface area contributed by atoms with Gasteiger partial charge in [0, 0.05) is 12.7 Å². The average Bonchev–Trinajstić information content (AvgIpc) is 3.31. The van der Waals surface area contributed by atoms with Crippen LogP contribution < -0.4 is 4.74 Å². The maximum atomic E-state index is 12.3. The van der Waals surface area contributed by atoms with Crippen molar-refractivity contribution < 1.29 is 13.9 Å². The van der Waals surface area contributed by atoms with Crippen LogP contribution >= 0.6 is 0 Å². The molecule has 6 heteroatoms. The minimum absolute atomic E-state index is 0.112. The number of ether oxygens (including phenoxy) is 1. The number of carbonyl (C=O) groups excluding carboxylic acids is 1. The minimum Gasteiger partial charge on any atom is -0.486 e. The molecule has 136 valence electrons. The predicted octanol–water partition coefficient (Wildman–Crippen LogP) is 4.15. The molecule has 0 N–H and O–H groups in total. The van der Waals surface area contributed by atoms with Gasteiger partial charge in [-0.25, -0.2) is 0 Å². The van der Waals surface area contributed by atoms with Crippen LogP contribution in [0.5, 0.6) is 5.75 Å². The van der Waals surface area contributed by atoms with E-state index in [0.29, 0.717) is 34.1 Å². The van der Waals surface area contributed by atoms with Crippen molar-refractivity contribution in [2.24, 2.45) is 0 Å². The summed E-state index contributed by atoms with van der Waals surface area (Å²) in [6.45, 7) is 4.77. The Kier molecular flexibility index (Phi) is 5.53. The molecule has 0 amide bonds. The summed E-state index contributed by atoms with van der Waals surface area (Å²) in [6, 6.07) is 12.5. The number of nitrogens with zero attached hydrogens (tertiary/aromatic N) is 3. The summed E-state index contributed by atoms with van der Waals surface area (Å²) in [6.07, 6.45) is 4.87. The van der Waals surface area contributed by atoms with Crippen molar-refractivity contribution >= 4 is 11.9 Å². The Morgan fingerprint density at radius 2 is 2.07 bits per heavy atom. The van der Waals surface area contributed by atoms with Gasteiger partial charge in [-0.1, -0.05) is 0 Å². The molecule has 3 aromatic rings. The number of aromatic nitrogens is 2. The van der Waals surface area contributed by atoms with Gasteiger partial charge in [0.2, 0.25) is 0 Å². The van der Waals surface area contributed by atoms with Gasteiger partial charge in [-0.05, 0) is 62.4 Å². The monoisotopic (exact) mass is 361 g/mol. The Morgan fingerprint density at radius 3 is 2.74 bits per heavy atom. The van der Waals surface area contributed by atoms with Crippen molar-refractivity contribution in [2.75, 3.05) is 0 Å². The molecule has 2 heterocycles. The lowest BCUT2D eigenvalue weighted by Crippen LogP contribution is -1.95. The number of rotatable bonds is 7. The van der Waals surface area contributed by atoms with Crippen molar-refractivity contribution in [3.8, 4) is 11.8 Å². The Hall–Kier alpha value is -3.59. The lowest BCUT2D eigenvalue weighted by atomic mass is 10.1. The molecule has 0 saturated carbocycles. The molecule has 6 nitrogen and oxygen atoms in total. The van der Waals surface area contributed by atoms with Crippen LogP contribution in [0.3, 0.4) is 0 Å². The van der Waals surface area contributed by atoms with Gasteiger partial charge in [0.05, 0.1) is 22.9 Å². The molecule has 0 bridgehead atoms. The molecular weight excluding hydrogens is 342 g/mol. The smallest absolute Gasteiger partial charge is 0.189 e. The van der Waals surface area contributed by atoms with Gasteiger partial charge in [0.25, 0.3) is 0 Å². The van der Waals surface area contributed by atoms with Crippen LogP contribution in [-0.2, 0) is 13.2 Å². The Labute approximate surface area is 157 Å². The highest BCUT2D eigenvalue weighted by Crippen LogP contribution is 2.16. The topological polar surface area (TPSA) is 81.0 Å². The molecule has 27 heavy (non-hydrogen) atoms. The Bertz CT molecular complexity index is 1000. The van der Waals surface area contributed by atoms with E-state index in [1.165, 1.54) is 6.08 Å². The molecule has 0 spiro atoms. The number of allylic oxidation sites excluding steroid dienone is 1. The average molecular weight is 361 g/mol. The largest absolute Gasteiger partial charge is 0.486 e. The summed E-state index contributed by atoms with van der Waals surface area (Å²) in [5.41, 5.74) is 1.88. The molecule has 0 aliphatic carbocycles. The van der Waals surface area contributed by atoms with Crippen LogP contribution in [0.1, 0.15) is 40.1 Å². The third-order valence-electron chi connectivity index (χ3n) is 3.98. The highest BCUT2D eigenvalue weighted by atomic mass is 16.5. The quantitative estimate of drug-likeness (QED) is 0.466. The maximum Gasteiger partial charge on any atom is 0.189 e. The second-order valence-corrected chi connectivity index (χ2v) is 5.91. The lowest BCUT2D eigenvalue weighted by molar-refractivity contribution is 0.104. The standard InChI is InChI=1S/C21H19N3O3/c1-3-24-13-20(15(2)23-24)21(25)11-10-18-8-9-19(27-18)14-26-17-6-4-16(12-22)5-7-17/h4-11,13H,3,14H2,1-2H3/b11-10+. The fourth-order valence-electron chi connectivity index (χ4n) is 2.51. The number of benzene rings is 1. The first kappa shape index (κ1) is 18.2. The van der Waals surface area contributed by atoms with Gasteiger partial charge in [-0.2, -0.15) is 10.4 Å². The normalized spacial score (nSPS) is 10.9. The lowest BCUT2D eigenvalue weighted by Gasteiger charge is -2.03. The molecule has 2 aromatic heterocycles. The van der Waals surface area contributed by atoms with Gasteiger partial charge >= 0.3 is 0 Å². The van der Waals surface area contributed by atoms with Crippen molar-refractivity contribution in [3.63, 3.8) is 0 Å². The molecule has 0 unspecified atom stereocenters. The number of furan rings is 1. The third-order valence-corrected chi connectivity index (χ3v) is 3.98. The molecule has 0 saturated heterocycles. The van der Waals surface area contributed by atoms with Gasteiger partial charge in [0.15, 0.2) is 5.78 Å². The highest BCUT2D eigenvalue weighted by molar-refractivity contribution is 6.07. The van der Waals surface area contributed by atoms with E-state index in [-0.39, 0.29) is 12.4 Å². The van der Waals surface area contributed by atoms with Crippen molar-refractivity contribution in [1.29, 1.82) is 5.26 Å². The van der Waals surface area contributed by atoms with E-state index < -0.39 is 0 Å². The molecule has 3 rings (SSSR count). The van der Waals surface area contributed by atoms with E-state index in [1.807, 2.05) is 13.8 Å². The first-order valence-electron chi connectivity index (χ1n) is 8.57. The Morgan fingerprint density at radius 1 is 1.30 bits per heavy atom. The second kappa shape index (κ2) is 8.19. The first-order valence-corrected chi connectivity index (χ1v) is 8.57.